The van der Waals surface area contributed by atoms with Crippen LogP contribution in [0.5, 0.6) is 5.75 Å². The summed E-state index contributed by atoms with van der Waals surface area (Å²) in [6, 6.07) is 7.36. The zero-order valence-electron chi connectivity index (χ0n) is 16.9. The van der Waals surface area contributed by atoms with E-state index in [1.54, 1.807) is 18.9 Å². The van der Waals surface area contributed by atoms with Crippen molar-refractivity contribution < 1.29 is 19.1 Å². The molecule has 7 heteroatoms. The highest BCUT2D eigenvalue weighted by molar-refractivity contribution is 5.85. The first-order valence-corrected chi connectivity index (χ1v) is 9.94. The van der Waals surface area contributed by atoms with Gasteiger partial charge in [-0.2, -0.15) is 0 Å². The monoisotopic (exact) mass is 387 g/mol. The molecule has 2 aliphatic heterocycles. The average Bonchev–Trinajstić information content (AvgIpc) is 2.73. The number of hydrogen-bond donors (Lipinski definition) is 0. The molecule has 0 aromatic heterocycles. The number of piperazine rings is 1. The van der Waals surface area contributed by atoms with Gasteiger partial charge in [-0.15, -0.1) is 0 Å². The Morgan fingerprint density at radius 1 is 1.07 bits per heavy atom. The van der Waals surface area contributed by atoms with E-state index in [1.165, 1.54) is 0 Å². The molecular formula is C21H29N3O4. The predicted molar refractivity (Wildman–Crippen MR) is 105 cm³/mol. The lowest BCUT2D eigenvalue weighted by molar-refractivity contribution is -0.150. The Bertz CT molecular complexity index is 726. The van der Waals surface area contributed by atoms with E-state index in [-0.39, 0.29) is 29.7 Å². The normalized spacial score (nSPS) is 23.0. The standard InChI is InChI=1S/C21H29N3O4/c1-4-24-19(26)10-9-18(20(24)16-5-7-17(28-3)8-6-16)21(27)23-13-11-22(12-14-23)15(2)25/h5-8,18,20H,4,9-14H2,1-3H3/t18-,20+/m1/s1. The Balaban J connectivity index is 1.83. The Hall–Kier alpha value is -2.57. The van der Waals surface area contributed by atoms with Crippen LogP contribution in [0.15, 0.2) is 24.3 Å². The topological polar surface area (TPSA) is 70.2 Å². The minimum atomic E-state index is -0.269. The third-order valence-corrected chi connectivity index (χ3v) is 5.86. The number of nitrogens with zero attached hydrogens (tertiary/aromatic N) is 3. The number of likely N-dealkylation sites (tertiary alicyclic amines) is 1. The van der Waals surface area contributed by atoms with Gasteiger partial charge in [0.25, 0.3) is 0 Å². The Labute approximate surface area is 166 Å². The number of hydrogen-bond acceptors (Lipinski definition) is 4. The van der Waals surface area contributed by atoms with Gasteiger partial charge in [-0.05, 0) is 31.0 Å². The van der Waals surface area contributed by atoms with E-state index in [9.17, 15) is 14.4 Å². The molecule has 1 aromatic rings. The zero-order chi connectivity index (χ0) is 20.3. The molecule has 3 amide bonds. The number of ether oxygens (including phenoxy) is 1. The summed E-state index contributed by atoms with van der Waals surface area (Å²) in [5.41, 5.74) is 0.955. The van der Waals surface area contributed by atoms with Gasteiger partial charge in [-0.1, -0.05) is 12.1 Å². The summed E-state index contributed by atoms with van der Waals surface area (Å²) in [4.78, 5) is 42.9. The van der Waals surface area contributed by atoms with Crippen LogP contribution >= 0.6 is 0 Å². The van der Waals surface area contributed by atoms with Gasteiger partial charge in [0, 0.05) is 46.1 Å². The Morgan fingerprint density at radius 3 is 2.21 bits per heavy atom. The maximum absolute atomic E-state index is 13.4. The predicted octanol–water partition coefficient (Wildman–Crippen LogP) is 1.69. The number of piperidine rings is 1. The molecule has 0 radical (unpaired) electrons. The van der Waals surface area contributed by atoms with Gasteiger partial charge in [0.1, 0.15) is 5.75 Å². The molecule has 28 heavy (non-hydrogen) atoms. The number of amides is 3. The first kappa shape index (κ1) is 20.2. The second-order valence-electron chi connectivity index (χ2n) is 7.37. The van der Waals surface area contributed by atoms with E-state index in [2.05, 4.69) is 0 Å². The zero-order valence-corrected chi connectivity index (χ0v) is 16.9. The fourth-order valence-corrected chi connectivity index (χ4v) is 4.27. The van der Waals surface area contributed by atoms with Crippen LogP contribution in [0.4, 0.5) is 0 Å². The summed E-state index contributed by atoms with van der Waals surface area (Å²) in [5, 5.41) is 0. The fourth-order valence-electron chi connectivity index (χ4n) is 4.27. The quantitative estimate of drug-likeness (QED) is 0.788. The summed E-state index contributed by atoms with van der Waals surface area (Å²) >= 11 is 0. The first-order valence-electron chi connectivity index (χ1n) is 9.94. The lowest BCUT2D eigenvalue weighted by Gasteiger charge is -2.43. The molecule has 2 fully saturated rings. The summed E-state index contributed by atoms with van der Waals surface area (Å²) in [7, 11) is 1.62. The molecule has 152 valence electrons. The smallest absolute Gasteiger partial charge is 0.228 e. The molecule has 0 spiro atoms. The third kappa shape index (κ3) is 3.98. The largest absolute Gasteiger partial charge is 0.497 e. The number of methoxy groups -OCH3 is 1. The fraction of sp³-hybridized carbons (Fsp3) is 0.571. The second-order valence-corrected chi connectivity index (χ2v) is 7.37. The van der Waals surface area contributed by atoms with Crippen molar-refractivity contribution in [3.8, 4) is 5.75 Å². The van der Waals surface area contributed by atoms with Crippen molar-refractivity contribution in [2.75, 3.05) is 39.8 Å². The number of carbonyl (C=O) groups is 3. The van der Waals surface area contributed by atoms with Crippen LogP contribution in [0.2, 0.25) is 0 Å². The van der Waals surface area contributed by atoms with Gasteiger partial charge < -0.3 is 19.4 Å². The van der Waals surface area contributed by atoms with E-state index < -0.39 is 0 Å². The highest BCUT2D eigenvalue weighted by Gasteiger charge is 2.42. The van der Waals surface area contributed by atoms with Crippen LogP contribution in [0.25, 0.3) is 0 Å². The molecule has 2 heterocycles. The maximum atomic E-state index is 13.4. The van der Waals surface area contributed by atoms with Crippen LogP contribution in [-0.2, 0) is 14.4 Å². The van der Waals surface area contributed by atoms with Crippen LogP contribution in [-0.4, -0.2) is 72.3 Å². The molecule has 3 rings (SSSR count). The highest BCUT2D eigenvalue weighted by Crippen LogP contribution is 2.38. The van der Waals surface area contributed by atoms with Crippen LogP contribution < -0.4 is 4.74 Å². The van der Waals surface area contributed by atoms with E-state index in [4.69, 9.17) is 4.74 Å². The highest BCUT2D eigenvalue weighted by atomic mass is 16.5. The molecule has 1 aromatic carbocycles. The van der Waals surface area contributed by atoms with Gasteiger partial charge in [0.15, 0.2) is 0 Å². The summed E-state index contributed by atoms with van der Waals surface area (Å²) in [5.74, 6) is 0.694. The lowest BCUT2D eigenvalue weighted by Crippen LogP contribution is -2.54. The van der Waals surface area contributed by atoms with Crippen molar-refractivity contribution in [3.63, 3.8) is 0 Å². The van der Waals surface area contributed by atoms with Crippen LogP contribution in [0, 0.1) is 5.92 Å². The second kappa shape index (κ2) is 8.63. The molecule has 0 saturated carbocycles. The van der Waals surface area contributed by atoms with Crippen LogP contribution in [0.1, 0.15) is 38.3 Å². The molecule has 2 aliphatic rings. The van der Waals surface area contributed by atoms with Crippen molar-refractivity contribution in [2.24, 2.45) is 5.92 Å². The SMILES string of the molecule is CCN1C(=O)CC[C@@H](C(=O)N2CCN(C(C)=O)CC2)[C@@H]1c1ccc(OC)cc1. The Morgan fingerprint density at radius 2 is 1.68 bits per heavy atom. The summed E-state index contributed by atoms with van der Waals surface area (Å²) in [6.07, 6.45) is 0.947. The minimum Gasteiger partial charge on any atom is -0.497 e. The summed E-state index contributed by atoms with van der Waals surface area (Å²) < 4.78 is 5.24. The Kier molecular flexibility index (Phi) is 6.21. The van der Waals surface area contributed by atoms with E-state index in [0.29, 0.717) is 45.6 Å². The third-order valence-electron chi connectivity index (χ3n) is 5.86. The van der Waals surface area contributed by atoms with Crippen LogP contribution in [0.3, 0.4) is 0 Å². The van der Waals surface area contributed by atoms with Crippen molar-refractivity contribution in [2.45, 2.75) is 32.7 Å². The van der Waals surface area contributed by atoms with Gasteiger partial charge in [0.2, 0.25) is 17.7 Å². The molecule has 0 unspecified atom stereocenters. The molecule has 0 aliphatic carbocycles. The van der Waals surface area contributed by atoms with Gasteiger partial charge in [-0.25, -0.2) is 0 Å². The molecule has 2 atom stereocenters. The minimum absolute atomic E-state index is 0.0450. The maximum Gasteiger partial charge on any atom is 0.228 e. The van der Waals surface area contributed by atoms with Crippen molar-refractivity contribution in [1.29, 1.82) is 0 Å². The van der Waals surface area contributed by atoms with Gasteiger partial charge in [0.05, 0.1) is 19.1 Å². The van der Waals surface area contributed by atoms with Crippen molar-refractivity contribution >= 4 is 17.7 Å². The summed E-state index contributed by atoms with van der Waals surface area (Å²) in [6.45, 7) is 6.30. The number of carbonyl (C=O) groups excluding carboxylic acids is 3. The molecule has 0 N–H and O–H groups in total. The van der Waals surface area contributed by atoms with E-state index >= 15 is 0 Å². The number of benzene rings is 1. The molecule has 0 bridgehead atoms. The lowest BCUT2D eigenvalue weighted by atomic mass is 9.83. The van der Waals surface area contributed by atoms with Crippen molar-refractivity contribution in [1.82, 2.24) is 14.7 Å². The van der Waals surface area contributed by atoms with Crippen molar-refractivity contribution in [3.05, 3.63) is 29.8 Å². The first-order chi connectivity index (χ1) is 13.5. The number of rotatable bonds is 4. The average molecular weight is 387 g/mol. The van der Waals surface area contributed by atoms with E-state index in [0.717, 1.165) is 11.3 Å². The molecule has 2 saturated heterocycles. The van der Waals surface area contributed by atoms with E-state index in [1.807, 2.05) is 41.0 Å². The van der Waals surface area contributed by atoms with Gasteiger partial charge >= 0.3 is 0 Å². The molecular weight excluding hydrogens is 358 g/mol. The molecule has 7 nitrogen and oxygen atoms in total. The van der Waals surface area contributed by atoms with Gasteiger partial charge in [-0.3, -0.25) is 14.4 Å².